The van der Waals surface area contributed by atoms with Crippen LogP contribution >= 0.6 is 0 Å². The molecule has 2 aromatic rings. The zero-order chi connectivity index (χ0) is 11.4. The third-order valence-electron chi connectivity index (χ3n) is 2.74. The van der Waals surface area contributed by atoms with Crippen molar-refractivity contribution in [2.24, 2.45) is 5.73 Å². The Morgan fingerprint density at radius 2 is 2.31 bits per heavy atom. The van der Waals surface area contributed by atoms with Gasteiger partial charge in [-0.2, -0.15) is 0 Å². The average Bonchev–Trinajstić information content (AvgIpc) is 2.66. The van der Waals surface area contributed by atoms with Gasteiger partial charge in [-0.3, -0.25) is 4.98 Å². The fourth-order valence-electron chi connectivity index (χ4n) is 1.94. The molecule has 0 amide bonds. The highest BCUT2D eigenvalue weighted by atomic mass is 15.1. The molecule has 0 saturated heterocycles. The summed E-state index contributed by atoms with van der Waals surface area (Å²) >= 11 is 0. The van der Waals surface area contributed by atoms with Crippen molar-refractivity contribution in [3.8, 4) is 0 Å². The van der Waals surface area contributed by atoms with E-state index in [1.807, 2.05) is 12.3 Å². The maximum Gasteiger partial charge on any atom is 0.109 e. The molecule has 0 saturated carbocycles. The molecule has 2 aromatic heterocycles. The number of fused-ring (bicyclic) bond motifs is 1. The first-order chi connectivity index (χ1) is 7.86. The summed E-state index contributed by atoms with van der Waals surface area (Å²) in [5.74, 6) is 1.13. The lowest BCUT2D eigenvalue weighted by Crippen LogP contribution is -2.12. The van der Waals surface area contributed by atoms with Crippen molar-refractivity contribution in [3.63, 3.8) is 0 Å². The van der Waals surface area contributed by atoms with Crippen LogP contribution in [0.5, 0.6) is 0 Å². The summed E-state index contributed by atoms with van der Waals surface area (Å²) in [6.45, 7) is 3.67. The predicted octanol–water partition coefficient (Wildman–Crippen LogP) is 1.73. The van der Waals surface area contributed by atoms with Crippen LogP contribution in [-0.2, 0) is 13.0 Å². The van der Waals surface area contributed by atoms with Crippen molar-refractivity contribution in [1.29, 1.82) is 0 Å². The lowest BCUT2D eigenvalue weighted by atomic mass is 10.2. The first-order valence-corrected chi connectivity index (χ1v) is 5.86. The number of aromatic nitrogens is 3. The maximum atomic E-state index is 5.64. The van der Waals surface area contributed by atoms with E-state index in [4.69, 9.17) is 5.73 Å². The van der Waals surface area contributed by atoms with Crippen molar-refractivity contribution < 1.29 is 0 Å². The maximum absolute atomic E-state index is 5.64. The number of aryl methyl sites for hydroxylation is 1. The second-order valence-electron chi connectivity index (χ2n) is 3.94. The molecule has 0 aliphatic carbocycles. The zero-order valence-corrected chi connectivity index (χ0v) is 9.69. The van der Waals surface area contributed by atoms with Gasteiger partial charge in [0.1, 0.15) is 11.3 Å². The summed E-state index contributed by atoms with van der Waals surface area (Å²) in [5, 5.41) is 0. The number of hydrogen-bond donors (Lipinski definition) is 1. The van der Waals surface area contributed by atoms with Crippen LogP contribution < -0.4 is 5.73 Å². The van der Waals surface area contributed by atoms with E-state index >= 15 is 0 Å². The predicted molar refractivity (Wildman–Crippen MR) is 65.2 cm³/mol. The Balaban J connectivity index is 2.41. The summed E-state index contributed by atoms with van der Waals surface area (Å²) in [7, 11) is 0. The monoisotopic (exact) mass is 218 g/mol. The molecular formula is C12H18N4. The van der Waals surface area contributed by atoms with Gasteiger partial charge in [-0.15, -0.1) is 0 Å². The quantitative estimate of drug-likeness (QED) is 0.831. The number of hydrogen-bond acceptors (Lipinski definition) is 3. The molecule has 2 N–H and O–H groups in total. The molecule has 0 atom stereocenters. The minimum Gasteiger partial charge on any atom is -0.329 e. The van der Waals surface area contributed by atoms with Gasteiger partial charge in [0.15, 0.2) is 0 Å². The van der Waals surface area contributed by atoms with Gasteiger partial charge in [-0.25, -0.2) is 4.98 Å². The highest BCUT2D eigenvalue weighted by Crippen LogP contribution is 2.16. The molecule has 0 fully saturated rings. The van der Waals surface area contributed by atoms with E-state index < -0.39 is 0 Å². The van der Waals surface area contributed by atoms with Gasteiger partial charge in [0.2, 0.25) is 0 Å². The largest absolute Gasteiger partial charge is 0.329 e. The molecular weight excluding hydrogens is 200 g/mol. The van der Waals surface area contributed by atoms with Crippen molar-refractivity contribution >= 4 is 11.0 Å². The Kier molecular flexibility index (Phi) is 3.51. The van der Waals surface area contributed by atoms with Crippen LogP contribution in [0.3, 0.4) is 0 Å². The van der Waals surface area contributed by atoms with E-state index in [0.717, 1.165) is 29.8 Å². The van der Waals surface area contributed by atoms with Gasteiger partial charge in [-0.05, 0) is 12.5 Å². The summed E-state index contributed by atoms with van der Waals surface area (Å²) in [5.41, 5.74) is 7.76. The Labute approximate surface area is 95.5 Å². The molecule has 2 rings (SSSR count). The summed E-state index contributed by atoms with van der Waals surface area (Å²) < 4.78 is 2.21. The van der Waals surface area contributed by atoms with Gasteiger partial charge < -0.3 is 10.3 Å². The Hall–Kier alpha value is -1.42. The molecule has 86 valence electrons. The van der Waals surface area contributed by atoms with Crippen molar-refractivity contribution in [2.75, 3.05) is 6.54 Å². The lowest BCUT2D eigenvalue weighted by Gasteiger charge is -2.06. The Morgan fingerprint density at radius 3 is 3.06 bits per heavy atom. The molecule has 0 radical (unpaired) electrons. The fraction of sp³-hybridized carbons (Fsp3) is 0.500. The van der Waals surface area contributed by atoms with E-state index in [-0.39, 0.29) is 0 Å². The molecule has 0 aliphatic rings. The van der Waals surface area contributed by atoms with Gasteiger partial charge in [-0.1, -0.05) is 13.3 Å². The molecule has 0 unspecified atom stereocenters. The number of pyridine rings is 1. The normalized spacial score (nSPS) is 11.1. The van der Waals surface area contributed by atoms with Crippen LogP contribution in [0.15, 0.2) is 18.5 Å². The van der Waals surface area contributed by atoms with E-state index in [2.05, 4.69) is 21.5 Å². The standard InChI is InChI=1S/C12H18N4/c1-2-3-4-12-15-10-9-14-7-5-11(10)16(12)8-6-13/h5,7,9H,2-4,6,8,13H2,1H3. The molecule has 0 aromatic carbocycles. The summed E-state index contributed by atoms with van der Waals surface area (Å²) in [4.78, 5) is 8.71. The molecule has 0 bridgehead atoms. The second-order valence-corrected chi connectivity index (χ2v) is 3.94. The zero-order valence-electron chi connectivity index (χ0n) is 9.69. The van der Waals surface area contributed by atoms with Crippen LogP contribution in [0.1, 0.15) is 25.6 Å². The van der Waals surface area contributed by atoms with E-state index in [0.29, 0.717) is 6.54 Å². The first kappa shape index (κ1) is 11.1. The van der Waals surface area contributed by atoms with Crippen LogP contribution in [-0.4, -0.2) is 21.1 Å². The fourth-order valence-corrected chi connectivity index (χ4v) is 1.94. The van der Waals surface area contributed by atoms with Crippen LogP contribution in [0.25, 0.3) is 11.0 Å². The van der Waals surface area contributed by atoms with E-state index in [1.54, 1.807) is 6.20 Å². The number of rotatable bonds is 5. The third kappa shape index (κ3) is 2.07. The van der Waals surface area contributed by atoms with Crippen molar-refractivity contribution in [2.45, 2.75) is 32.7 Å². The SMILES string of the molecule is CCCCc1nc2cnccc2n1CCN. The van der Waals surface area contributed by atoms with E-state index in [9.17, 15) is 0 Å². The van der Waals surface area contributed by atoms with Gasteiger partial charge >= 0.3 is 0 Å². The molecule has 4 heteroatoms. The molecule has 0 aliphatic heterocycles. The molecule has 0 spiro atoms. The highest BCUT2D eigenvalue weighted by molar-refractivity contribution is 5.74. The molecule has 4 nitrogen and oxygen atoms in total. The number of nitrogens with two attached hydrogens (primary N) is 1. The first-order valence-electron chi connectivity index (χ1n) is 5.86. The summed E-state index contributed by atoms with van der Waals surface area (Å²) in [6.07, 6.45) is 7.00. The highest BCUT2D eigenvalue weighted by Gasteiger charge is 2.08. The van der Waals surface area contributed by atoms with Crippen LogP contribution in [0, 0.1) is 0 Å². The van der Waals surface area contributed by atoms with Gasteiger partial charge in [0.25, 0.3) is 0 Å². The van der Waals surface area contributed by atoms with Crippen molar-refractivity contribution in [3.05, 3.63) is 24.3 Å². The second kappa shape index (κ2) is 5.07. The summed E-state index contributed by atoms with van der Waals surface area (Å²) in [6, 6.07) is 2.01. The molecule has 2 heterocycles. The number of imidazole rings is 1. The minimum absolute atomic E-state index is 0.646. The van der Waals surface area contributed by atoms with Crippen molar-refractivity contribution in [1.82, 2.24) is 14.5 Å². The van der Waals surface area contributed by atoms with Crippen LogP contribution in [0.4, 0.5) is 0 Å². The number of unbranched alkanes of at least 4 members (excludes halogenated alkanes) is 1. The third-order valence-corrected chi connectivity index (χ3v) is 2.74. The number of nitrogens with zero attached hydrogens (tertiary/aromatic N) is 3. The van der Waals surface area contributed by atoms with Gasteiger partial charge in [0.05, 0.1) is 11.7 Å². The lowest BCUT2D eigenvalue weighted by molar-refractivity contribution is 0.651. The van der Waals surface area contributed by atoms with E-state index in [1.165, 1.54) is 12.8 Å². The van der Waals surface area contributed by atoms with Gasteiger partial charge in [0, 0.05) is 25.7 Å². The minimum atomic E-state index is 0.646. The topological polar surface area (TPSA) is 56.7 Å². The smallest absolute Gasteiger partial charge is 0.109 e. The Bertz CT molecular complexity index is 461. The Morgan fingerprint density at radius 1 is 1.44 bits per heavy atom. The average molecular weight is 218 g/mol. The van der Waals surface area contributed by atoms with Crippen LogP contribution in [0.2, 0.25) is 0 Å². The molecule has 16 heavy (non-hydrogen) atoms.